The molecule has 0 N–H and O–H groups in total. The molecule has 0 aliphatic rings. The monoisotopic (exact) mass is 1450 g/mol. The maximum atomic E-state index is 5.78. The van der Waals surface area contributed by atoms with Gasteiger partial charge in [-0.1, -0.05) is 393 Å². The Morgan fingerprint density at radius 3 is 1.25 bits per heavy atom. The molecule has 2 nitrogen and oxygen atoms in total. The van der Waals surface area contributed by atoms with Crippen LogP contribution in [-0.4, -0.2) is 0 Å². The molecule has 0 saturated carbocycles. The number of fused-ring (bicyclic) bond motifs is 11. The van der Waals surface area contributed by atoms with Crippen LogP contribution in [0.5, 0.6) is 0 Å². The van der Waals surface area contributed by atoms with Crippen LogP contribution < -0.4 is 0 Å². The molecule has 2 heteroatoms. The quantitative estimate of drug-likeness (QED) is 0.172. The second-order valence-corrected chi connectivity index (χ2v) is 29.1. The number of rotatable bonds is 5. The van der Waals surface area contributed by atoms with Crippen molar-refractivity contribution in [2.75, 3.05) is 0 Å². The van der Waals surface area contributed by atoms with Gasteiger partial charge in [0.2, 0.25) is 0 Å². The molecule has 0 aliphatic carbocycles. The molecule has 21 rings (SSSR count). The molecule has 21 aromatic rings. The molecule has 0 radical (unpaired) electrons. The lowest BCUT2D eigenvalue weighted by Crippen LogP contribution is -1.85. The summed E-state index contributed by atoms with van der Waals surface area (Å²) in [6.45, 7) is 14.9. The number of aryl methyl sites for hydroxylation is 7. The summed E-state index contributed by atoms with van der Waals surface area (Å²) in [6, 6.07) is 147. The van der Waals surface area contributed by atoms with Gasteiger partial charge in [-0.25, -0.2) is 0 Å². The highest BCUT2D eigenvalue weighted by molar-refractivity contribution is 6.07. The van der Waals surface area contributed by atoms with E-state index in [2.05, 4.69) is 419 Å². The SMILES string of the molecule is Cc1ccc2cc(-c3ccccc3)ccc2c1.Cc1ccc2ccccc2c1-c1ccccc1.Cc1ccc2oc3ccccc3c2c1.Cc1cccc(-c2ccc3ccccc3c2)c1.Cc1cccc2c1oc1ccccc12.Cc1cccc2cccc(-c3ccccc3)c12.Cc1ccccc1-c1ccc2ccccc2c1. The molecule has 2 heterocycles. The Bertz CT molecular complexity index is 6800. The second-order valence-electron chi connectivity index (χ2n) is 29.1. The predicted octanol–water partition coefficient (Wildman–Crippen LogP) is 31.9. The molecular weight excluding hydrogens is 1370 g/mol. The minimum Gasteiger partial charge on any atom is -0.456 e. The van der Waals surface area contributed by atoms with Gasteiger partial charge in [0.25, 0.3) is 0 Å². The van der Waals surface area contributed by atoms with E-state index in [1.54, 1.807) is 0 Å². The molecule has 0 aliphatic heterocycles. The van der Waals surface area contributed by atoms with Crippen LogP contribution in [0.3, 0.4) is 0 Å². The van der Waals surface area contributed by atoms with Crippen molar-refractivity contribution in [2.45, 2.75) is 48.5 Å². The van der Waals surface area contributed by atoms with Crippen molar-refractivity contribution < 1.29 is 8.83 Å². The van der Waals surface area contributed by atoms with Gasteiger partial charge >= 0.3 is 0 Å². The summed E-state index contributed by atoms with van der Waals surface area (Å²) in [6.07, 6.45) is 0. The first kappa shape index (κ1) is 74.5. The Morgan fingerprint density at radius 2 is 0.566 bits per heavy atom. The maximum Gasteiger partial charge on any atom is 0.138 e. The van der Waals surface area contributed by atoms with Crippen molar-refractivity contribution in [3.05, 3.63) is 458 Å². The molecule has 0 amide bonds. The molecule has 0 spiro atoms. The minimum atomic E-state index is 0.966. The van der Waals surface area contributed by atoms with Gasteiger partial charge in [-0.3, -0.25) is 0 Å². The Hall–Kier alpha value is -13.9. The van der Waals surface area contributed by atoms with Crippen molar-refractivity contribution in [3.8, 4) is 55.6 Å². The molecule has 2 aromatic heterocycles. The van der Waals surface area contributed by atoms with Crippen molar-refractivity contribution in [3.63, 3.8) is 0 Å². The molecule has 546 valence electrons. The molecule has 113 heavy (non-hydrogen) atoms. The average Bonchev–Trinajstić information content (AvgIpc) is 1.69. The van der Waals surface area contributed by atoms with Crippen molar-refractivity contribution in [1.82, 2.24) is 0 Å². The van der Waals surface area contributed by atoms with Crippen LogP contribution in [0.2, 0.25) is 0 Å². The third-order valence-electron chi connectivity index (χ3n) is 20.9. The zero-order chi connectivity index (χ0) is 77.4. The van der Waals surface area contributed by atoms with E-state index in [-0.39, 0.29) is 0 Å². The standard InChI is InChI=1S/5C17H14.2C13H10O/c1-13-6-2-5-9-17(13)16-11-10-14-7-3-4-8-15(14)12-16;1-13-5-4-8-15(11-13)17-10-9-14-6-2-3-7-16(14)12-17;1-13-7-5-10-15-11-6-12-16(17(13)15)14-8-3-2-4-9-14;1-13-11-12-14-7-5-6-10-16(14)17(13)15-8-3-2-4-9-15;1-13-7-8-17-12-16(10-9-15(17)11-13)14-5-3-2-4-6-14;1-9-5-4-7-11-10-6-2-3-8-12(10)14-13(9)11;1-9-6-7-13-11(8-9)10-4-2-3-5-12(10)14-13/h5*2-12H,1H3;2*2-8H,1H3. The van der Waals surface area contributed by atoms with E-state index >= 15 is 0 Å². The molecule has 0 fully saturated rings. The lowest BCUT2D eigenvalue weighted by molar-refractivity contribution is 0.666. The van der Waals surface area contributed by atoms with Gasteiger partial charge in [0.05, 0.1) is 0 Å². The van der Waals surface area contributed by atoms with Gasteiger partial charge in [0, 0.05) is 21.5 Å². The zero-order valence-corrected chi connectivity index (χ0v) is 65.2. The van der Waals surface area contributed by atoms with Crippen LogP contribution in [0.1, 0.15) is 38.9 Å². The highest BCUT2D eigenvalue weighted by atomic mass is 16.3. The molecule has 0 atom stereocenters. The number of benzene rings is 19. The van der Waals surface area contributed by atoms with Gasteiger partial charge in [-0.15, -0.1) is 0 Å². The van der Waals surface area contributed by atoms with Gasteiger partial charge in [-0.2, -0.15) is 0 Å². The summed E-state index contributed by atoms with van der Waals surface area (Å²) in [4.78, 5) is 0. The summed E-state index contributed by atoms with van der Waals surface area (Å²) in [5.41, 5.74) is 26.0. The Kier molecular flexibility index (Phi) is 23.2. The van der Waals surface area contributed by atoms with Gasteiger partial charge in [0.15, 0.2) is 0 Å². The highest BCUT2D eigenvalue weighted by Gasteiger charge is 2.11. The Balaban J connectivity index is 0.000000104. The van der Waals surface area contributed by atoms with Gasteiger partial charge < -0.3 is 8.83 Å². The Labute approximate surface area is 663 Å². The molecule has 0 bridgehead atoms. The number of para-hydroxylation sites is 3. The van der Waals surface area contributed by atoms with Crippen molar-refractivity contribution in [1.29, 1.82) is 0 Å². The summed E-state index contributed by atoms with van der Waals surface area (Å²) in [5, 5.41) is 17.9. The summed E-state index contributed by atoms with van der Waals surface area (Å²) in [7, 11) is 0. The van der Waals surface area contributed by atoms with Crippen molar-refractivity contribution >= 4 is 97.7 Å². The topological polar surface area (TPSA) is 26.3 Å². The fourth-order valence-corrected chi connectivity index (χ4v) is 15.1. The largest absolute Gasteiger partial charge is 0.456 e. The lowest BCUT2D eigenvalue weighted by Gasteiger charge is -2.10. The van der Waals surface area contributed by atoms with Crippen molar-refractivity contribution in [2.24, 2.45) is 0 Å². The van der Waals surface area contributed by atoms with E-state index in [0.717, 1.165) is 22.3 Å². The normalized spacial score (nSPS) is 10.8. The Morgan fingerprint density at radius 1 is 0.168 bits per heavy atom. The fourth-order valence-electron chi connectivity index (χ4n) is 15.1. The maximum absolute atomic E-state index is 5.78. The van der Waals surface area contributed by atoms with E-state index in [4.69, 9.17) is 8.83 Å². The molecular formula is C111H90O2. The molecule has 0 saturated heterocycles. The number of hydrogen-bond donors (Lipinski definition) is 0. The van der Waals surface area contributed by atoms with Crippen LogP contribution in [0.15, 0.2) is 427 Å². The third kappa shape index (κ3) is 17.7. The summed E-state index contributed by atoms with van der Waals surface area (Å²) in [5.74, 6) is 0. The average molecular weight is 1460 g/mol. The van der Waals surface area contributed by atoms with Crippen LogP contribution >= 0.6 is 0 Å². The highest BCUT2D eigenvalue weighted by Crippen LogP contribution is 2.36. The molecule has 19 aromatic carbocycles. The van der Waals surface area contributed by atoms with E-state index in [0.29, 0.717) is 0 Å². The lowest BCUT2D eigenvalue weighted by atomic mass is 9.94. The van der Waals surface area contributed by atoms with E-state index in [1.165, 1.54) is 170 Å². The van der Waals surface area contributed by atoms with E-state index in [1.807, 2.05) is 48.5 Å². The predicted molar refractivity (Wildman–Crippen MR) is 488 cm³/mol. The van der Waals surface area contributed by atoms with Crippen LogP contribution in [0.4, 0.5) is 0 Å². The van der Waals surface area contributed by atoms with Crippen LogP contribution in [0, 0.1) is 48.5 Å². The first-order chi connectivity index (χ1) is 55.4. The smallest absolute Gasteiger partial charge is 0.138 e. The third-order valence-corrected chi connectivity index (χ3v) is 20.9. The van der Waals surface area contributed by atoms with E-state index < -0.39 is 0 Å². The minimum absolute atomic E-state index is 0.966. The van der Waals surface area contributed by atoms with Crippen LogP contribution in [0.25, 0.3) is 153 Å². The zero-order valence-electron chi connectivity index (χ0n) is 65.2. The van der Waals surface area contributed by atoms with Gasteiger partial charge in [-0.05, 0) is 223 Å². The molecule has 0 unspecified atom stereocenters. The first-order valence-electron chi connectivity index (χ1n) is 38.9. The number of furan rings is 2. The fraction of sp³-hybridized carbons (Fsp3) is 0.0631. The number of hydrogen-bond acceptors (Lipinski definition) is 2. The van der Waals surface area contributed by atoms with E-state index in [9.17, 15) is 0 Å². The summed E-state index contributed by atoms with van der Waals surface area (Å²) >= 11 is 0. The van der Waals surface area contributed by atoms with Crippen LogP contribution in [-0.2, 0) is 0 Å². The first-order valence-corrected chi connectivity index (χ1v) is 38.9. The van der Waals surface area contributed by atoms with Gasteiger partial charge in [0.1, 0.15) is 22.3 Å². The second kappa shape index (κ2) is 35.2. The summed E-state index contributed by atoms with van der Waals surface area (Å²) < 4.78 is 11.5.